The zero-order chi connectivity index (χ0) is 16.5. The van der Waals surface area contributed by atoms with Crippen molar-refractivity contribution in [2.45, 2.75) is 38.0 Å². The molecule has 0 saturated carbocycles. The van der Waals surface area contributed by atoms with Gasteiger partial charge in [0.15, 0.2) is 11.8 Å². The molecule has 0 amide bonds. The zero-order valence-corrected chi connectivity index (χ0v) is 17.9. The Morgan fingerprint density at radius 1 is 1.42 bits per heavy atom. The first-order valence-corrected chi connectivity index (χ1v) is 9.23. The van der Waals surface area contributed by atoms with Crippen LogP contribution in [0.3, 0.4) is 0 Å². The Hall–Kier alpha value is -0.550. The molecule has 2 heterocycles. The van der Waals surface area contributed by atoms with Crippen LogP contribution >= 0.6 is 35.7 Å². The third-order valence-electron chi connectivity index (χ3n) is 3.90. The first-order chi connectivity index (χ1) is 11.2. The number of nitrogens with one attached hydrogen (secondary N) is 2. The van der Waals surface area contributed by atoms with E-state index in [1.807, 2.05) is 30.3 Å². The van der Waals surface area contributed by atoms with Crippen LogP contribution in [0.5, 0.6) is 0 Å². The number of nitrogens with zero attached hydrogens (tertiary/aromatic N) is 4. The second kappa shape index (κ2) is 11.9. The normalized spacial score (nSPS) is 17.6. The molecule has 7 nitrogen and oxygen atoms in total. The summed E-state index contributed by atoms with van der Waals surface area (Å²) < 4.78 is 7.06. The Bertz CT molecular complexity index is 504. The highest BCUT2D eigenvalue weighted by atomic mass is 127. The lowest BCUT2D eigenvalue weighted by Gasteiger charge is -2.15. The van der Waals surface area contributed by atoms with Crippen LogP contribution in [0.1, 0.15) is 30.9 Å². The van der Waals surface area contributed by atoms with Crippen LogP contribution in [0.15, 0.2) is 4.99 Å². The van der Waals surface area contributed by atoms with Crippen LogP contribution in [0, 0.1) is 6.92 Å². The van der Waals surface area contributed by atoms with Gasteiger partial charge in [-0.05, 0) is 31.9 Å². The molecule has 2 rings (SSSR count). The van der Waals surface area contributed by atoms with Gasteiger partial charge in [-0.15, -0.1) is 34.2 Å². The van der Waals surface area contributed by atoms with Gasteiger partial charge in [-0.1, -0.05) is 0 Å². The largest absolute Gasteiger partial charge is 0.385 e. The molecule has 138 valence electrons. The van der Waals surface area contributed by atoms with Crippen molar-refractivity contribution >= 4 is 41.7 Å². The van der Waals surface area contributed by atoms with Crippen molar-refractivity contribution in [2.75, 3.05) is 32.6 Å². The number of ether oxygens (including phenoxy) is 1. The molecule has 1 atom stereocenters. The fourth-order valence-corrected chi connectivity index (χ4v) is 3.55. The summed E-state index contributed by atoms with van der Waals surface area (Å²) in [6.07, 6.45) is 3.57. The number of guanidine groups is 1. The van der Waals surface area contributed by atoms with E-state index in [1.54, 1.807) is 7.11 Å². The summed E-state index contributed by atoms with van der Waals surface area (Å²) in [7, 11) is 3.69. The molecule has 24 heavy (non-hydrogen) atoms. The van der Waals surface area contributed by atoms with Crippen molar-refractivity contribution in [1.82, 2.24) is 25.4 Å². The number of halogens is 1. The van der Waals surface area contributed by atoms with E-state index in [0.29, 0.717) is 11.8 Å². The molecule has 1 aliphatic heterocycles. The monoisotopic (exact) mass is 468 g/mol. The van der Waals surface area contributed by atoms with E-state index in [2.05, 4.69) is 25.8 Å². The molecule has 0 spiro atoms. The van der Waals surface area contributed by atoms with Gasteiger partial charge in [0.25, 0.3) is 0 Å². The van der Waals surface area contributed by atoms with Crippen molar-refractivity contribution in [3.8, 4) is 0 Å². The van der Waals surface area contributed by atoms with Gasteiger partial charge < -0.3 is 19.9 Å². The van der Waals surface area contributed by atoms with E-state index < -0.39 is 0 Å². The Labute approximate surface area is 165 Å². The highest BCUT2D eigenvalue weighted by Crippen LogP contribution is 2.25. The lowest BCUT2D eigenvalue weighted by Crippen LogP contribution is -2.41. The van der Waals surface area contributed by atoms with Gasteiger partial charge in [0.1, 0.15) is 12.4 Å². The summed E-state index contributed by atoms with van der Waals surface area (Å²) in [5, 5.41) is 15.7. The van der Waals surface area contributed by atoms with E-state index >= 15 is 0 Å². The lowest BCUT2D eigenvalue weighted by atomic mass is 10.2. The smallest absolute Gasteiger partial charge is 0.191 e. The maximum absolute atomic E-state index is 5.09. The molecular formula is C15H29IN6OS. The maximum atomic E-state index is 5.09. The fourth-order valence-electron chi connectivity index (χ4n) is 2.35. The topological polar surface area (TPSA) is 76.4 Å². The molecule has 1 aliphatic rings. The number of aliphatic imine (C=N–C) groups is 1. The molecule has 1 unspecified atom stereocenters. The minimum Gasteiger partial charge on any atom is -0.385 e. The van der Waals surface area contributed by atoms with E-state index in [9.17, 15) is 0 Å². The summed E-state index contributed by atoms with van der Waals surface area (Å²) in [6, 6.07) is 0. The minimum atomic E-state index is 0. The molecule has 0 aliphatic carbocycles. The molecule has 1 saturated heterocycles. The van der Waals surface area contributed by atoms with E-state index in [4.69, 9.17) is 4.74 Å². The summed E-state index contributed by atoms with van der Waals surface area (Å²) in [6.45, 7) is 5.02. The third kappa shape index (κ3) is 7.14. The van der Waals surface area contributed by atoms with Gasteiger partial charge in [-0.2, -0.15) is 11.8 Å². The second-order valence-electron chi connectivity index (χ2n) is 5.68. The Morgan fingerprint density at radius 2 is 2.25 bits per heavy atom. The predicted octanol–water partition coefficient (Wildman–Crippen LogP) is 1.71. The number of hydrogen-bond donors (Lipinski definition) is 2. The van der Waals surface area contributed by atoms with Gasteiger partial charge in [0, 0.05) is 39.1 Å². The van der Waals surface area contributed by atoms with Crippen LogP contribution in [-0.2, 0) is 18.3 Å². The quantitative estimate of drug-likeness (QED) is 0.262. The van der Waals surface area contributed by atoms with Crippen molar-refractivity contribution in [3.63, 3.8) is 0 Å². The predicted molar refractivity (Wildman–Crippen MR) is 110 cm³/mol. The Morgan fingerprint density at radius 3 is 2.88 bits per heavy atom. The number of aryl methyl sites for hydroxylation is 1. The van der Waals surface area contributed by atoms with Crippen LogP contribution in [0.2, 0.25) is 0 Å². The van der Waals surface area contributed by atoms with Gasteiger partial charge in [-0.25, -0.2) is 4.99 Å². The molecule has 9 heteroatoms. The lowest BCUT2D eigenvalue weighted by molar-refractivity contribution is 0.195. The summed E-state index contributed by atoms with van der Waals surface area (Å²) in [5.74, 6) is 3.89. The Balaban J connectivity index is 0.00000288. The highest BCUT2D eigenvalue weighted by molar-refractivity contribution is 14.0. The van der Waals surface area contributed by atoms with Gasteiger partial charge in [0.2, 0.25) is 0 Å². The van der Waals surface area contributed by atoms with Crippen molar-refractivity contribution in [3.05, 3.63) is 11.6 Å². The van der Waals surface area contributed by atoms with Crippen LogP contribution in [0.4, 0.5) is 0 Å². The van der Waals surface area contributed by atoms with Crippen molar-refractivity contribution in [1.29, 1.82) is 0 Å². The average molecular weight is 468 g/mol. The first-order valence-electron chi connectivity index (χ1n) is 8.18. The zero-order valence-electron chi connectivity index (χ0n) is 14.7. The van der Waals surface area contributed by atoms with Gasteiger partial charge in [0.05, 0.1) is 0 Å². The van der Waals surface area contributed by atoms with Gasteiger partial charge >= 0.3 is 0 Å². The van der Waals surface area contributed by atoms with E-state index in [-0.39, 0.29) is 24.0 Å². The Kier molecular flexibility index (Phi) is 10.7. The number of hydrogen-bond acceptors (Lipinski definition) is 5. The SMILES string of the molecule is COCCCNC(=NCc1nnc(C)n1C)NCC1CCCS1.I. The first kappa shape index (κ1) is 21.5. The maximum Gasteiger partial charge on any atom is 0.191 e. The molecule has 1 fully saturated rings. The fraction of sp³-hybridized carbons (Fsp3) is 0.800. The van der Waals surface area contributed by atoms with Crippen molar-refractivity contribution < 1.29 is 4.74 Å². The molecule has 2 N–H and O–H groups in total. The summed E-state index contributed by atoms with van der Waals surface area (Å²) >= 11 is 2.04. The molecule has 0 radical (unpaired) electrons. The molecule has 0 bridgehead atoms. The molecule has 1 aromatic heterocycles. The molecular weight excluding hydrogens is 439 g/mol. The molecule has 1 aromatic rings. The van der Waals surface area contributed by atoms with Crippen molar-refractivity contribution in [2.24, 2.45) is 12.0 Å². The second-order valence-corrected chi connectivity index (χ2v) is 7.08. The number of rotatable bonds is 8. The van der Waals surface area contributed by atoms with Crippen LogP contribution < -0.4 is 10.6 Å². The number of thioether (sulfide) groups is 1. The number of aromatic nitrogens is 3. The number of methoxy groups -OCH3 is 1. The van der Waals surface area contributed by atoms with Crippen LogP contribution in [0.25, 0.3) is 0 Å². The molecule has 0 aromatic carbocycles. The van der Waals surface area contributed by atoms with E-state index in [0.717, 1.165) is 43.7 Å². The standard InChI is InChI=1S/C15H28N6OS.HI/c1-12-19-20-14(21(12)2)11-18-15(16-7-5-8-22-3)17-10-13-6-4-9-23-13;/h13H,4-11H2,1-3H3,(H2,16,17,18);1H. The van der Waals surface area contributed by atoms with E-state index in [1.165, 1.54) is 18.6 Å². The summed E-state index contributed by atoms with van der Waals surface area (Å²) in [5.41, 5.74) is 0. The van der Waals surface area contributed by atoms with Crippen LogP contribution in [-0.4, -0.2) is 58.5 Å². The highest BCUT2D eigenvalue weighted by Gasteiger charge is 2.15. The van der Waals surface area contributed by atoms with Gasteiger partial charge in [-0.3, -0.25) is 0 Å². The third-order valence-corrected chi connectivity index (χ3v) is 5.30. The minimum absolute atomic E-state index is 0. The summed E-state index contributed by atoms with van der Waals surface area (Å²) in [4.78, 5) is 4.65. The average Bonchev–Trinajstić information content (AvgIpc) is 3.18.